The second-order valence-corrected chi connectivity index (χ2v) is 13.6. The van der Waals surface area contributed by atoms with Gasteiger partial charge in [-0.3, -0.25) is 4.98 Å². The Kier molecular flexibility index (Phi) is 7.60. The second kappa shape index (κ2) is 11.3. The van der Waals surface area contributed by atoms with Crippen LogP contribution in [-0.4, -0.2) is 75.8 Å². The predicted octanol–water partition coefficient (Wildman–Crippen LogP) is 4.62. The summed E-state index contributed by atoms with van der Waals surface area (Å²) in [6.07, 6.45) is 8.98. The van der Waals surface area contributed by atoms with Crippen molar-refractivity contribution in [2.24, 2.45) is 16.7 Å². The van der Waals surface area contributed by atoms with Gasteiger partial charge in [-0.25, -0.2) is 4.39 Å². The molecule has 2 aromatic heterocycles. The van der Waals surface area contributed by atoms with Crippen LogP contribution in [0, 0.1) is 22.6 Å². The molecule has 11 heteroatoms. The molecule has 2 unspecified atom stereocenters. The number of aromatic hydroxyl groups is 1. The maximum absolute atomic E-state index is 16.6. The number of nitrogens with one attached hydrogen (secondary N) is 1. The molecule has 4 heterocycles. The topological polar surface area (TPSA) is 124 Å². The van der Waals surface area contributed by atoms with Gasteiger partial charge in [0.25, 0.3) is 0 Å². The molecule has 0 bridgehead atoms. The van der Waals surface area contributed by atoms with Crippen molar-refractivity contribution in [2.75, 3.05) is 44.3 Å². The van der Waals surface area contributed by atoms with Gasteiger partial charge in [0, 0.05) is 41.9 Å². The number of ether oxygens (including phenoxy) is 1. The monoisotopic (exact) mass is 611 g/mol. The molecule has 4 fully saturated rings. The zero-order valence-electron chi connectivity index (χ0n) is 24.3. The number of phenolic OH excluding ortho intramolecular Hbond substituents is 1. The van der Waals surface area contributed by atoms with E-state index in [1.807, 2.05) is 0 Å². The summed E-state index contributed by atoms with van der Waals surface area (Å²) in [7, 11) is 0. The van der Waals surface area contributed by atoms with E-state index < -0.39 is 5.82 Å². The Hall–Kier alpha value is -2.79. The van der Waals surface area contributed by atoms with Crippen LogP contribution in [0.3, 0.4) is 0 Å². The van der Waals surface area contributed by atoms with Crippen LogP contribution >= 0.6 is 11.6 Å². The number of benzene rings is 1. The van der Waals surface area contributed by atoms with Crippen LogP contribution < -0.4 is 15.0 Å². The van der Waals surface area contributed by atoms with Gasteiger partial charge in [-0.05, 0) is 99.9 Å². The molecule has 1 spiro atoms. The molecule has 9 nitrogen and oxygen atoms in total. The first-order valence-corrected chi connectivity index (χ1v) is 15.9. The molecule has 2 aliphatic carbocycles. The SMILES string of the molecule is OCCCc1c(Cl)cc(O)cc1-c1ncc2c(N3CCCC4(CC(O)C4)C3)nc(OCC34CCCNCC3C4)nc2c1F. The zero-order valence-corrected chi connectivity index (χ0v) is 25.0. The molecular formula is C32H39ClFN5O4. The van der Waals surface area contributed by atoms with Gasteiger partial charge in [0.2, 0.25) is 0 Å². The summed E-state index contributed by atoms with van der Waals surface area (Å²) < 4.78 is 22.9. The highest BCUT2D eigenvalue weighted by atomic mass is 35.5. The Labute approximate surface area is 255 Å². The van der Waals surface area contributed by atoms with Crippen molar-refractivity contribution in [1.82, 2.24) is 20.3 Å². The van der Waals surface area contributed by atoms with Crippen LogP contribution in [0.1, 0.15) is 56.9 Å². The molecular weight excluding hydrogens is 573 g/mol. The minimum absolute atomic E-state index is 0.0294. The average Bonchev–Trinajstić information content (AvgIpc) is 3.70. The van der Waals surface area contributed by atoms with Gasteiger partial charge < -0.3 is 30.3 Å². The zero-order chi connectivity index (χ0) is 29.8. The normalized spacial score (nSPS) is 28.4. The number of rotatable bonds is 8. The standard InChI is InChI=1S/C32H39ClFN5O4/c33-25-11-20(41)10-23(22(25)4-1-9-40)27-26(34)28-24(16-36-27)29(39-8-3-5-31(17-39)13-21(42)14-31)38-30(37-28)43-18-32-6-2-7-35-15-19(32)12-32/h10-11,16,19,21,35,40-42H,1-9,12-15,17-18H2. The first kappa shape index (κ1) is 29.0. The molecule has 2 saturated heterocycles. The quantitative estimate of drug-likeness (QED) is 0.289. The number of aromatic nitrogens is 3. The van der Waals surface area contributed by atoms with E-state index in [4.69, 9.17) is 21.3 Å². The number of fused-ring (bicyclic) bond motifs is 2. The maximum atomic E-state index is 16.6. The van der Waals surface area contributed by atoms with Crippen molar-refractivity contribution >= 4 is 28.3 Å². The number of aliphatic hydroxyl groups is 2. The van der Waals surface area contributed by atoms with Crippen molar-refractivity contribution in [2.45, 2.75) is 63.9 Å². The molecule has 0 radical (unpaired) electrons. The summed E-state index contributed by atoms with van der Waals surface area (Å²) in [6.45, 7) is 3.94. The average molecular weight is 612 g/mol. The highest BCUT2D eigenvalue weighted by Gasteiger charge is 2.54. The fraction of sp³-hybridized carbons (Fsp3) is 0.594. The van der Waals surface area contributed by atoms with Crippen molar-refractivity contribution in [3.8, 4) is 23.0 Å². The summed E-state index contributed by atoms with van der Waals surface area (Å²) in [5.74, 6) is 0.436. The Bertz CT molecular complexity index is 1530. The third-order valence-electron chi connectivity index (χ3n) is 10.2. The molecule has 2 aliphatic heterocycles. The molecule has 43 heavy (non-hydrogen) atoms. The number of hydrogen-bond donors (Lipinski definition) is 4. The number of hydrogen-bond acceptors (Lipinski definition) is 9. The van der Waals surface area contributed by atoms with Gasteiger partial charge >= 0.3 is 6.01 Å². The molecule has 1 aromatic carbocycles. The first-order chi connectivity index (χ1) is 20.8. The number of aliphatic hydroxyl groups excluding tert-OH is 2. The van der Waals surface area contributed by atoms with E-state index in [1.54, 1.807) is 6.20 Å². The summed E-state index contributed by atoms with van der Waals surface area (Å²) in [5, 5.41) is 34.2. The number of nitrogens with zero attached hydrogens (tertiary/aromatic N) is 4. The van der Waals surface area contributed by atoms with Gasteiger partial charge in [-0.2, -0.15) is 9.97 Å². The highest BCUT2D eigenvalue weighted by molar-refractivity contribution is 6.32. The van der Waals surface area contributed by atoms with Crippen molar-refractivity contribution in [1.29, 1.82) is 0 Å². The van der Waals surface area contributed by atoms with Gasteiger partial charge in [0.15, 0.2) is 5.82 Å². The molecule has 0 amide bonds. The van der Waals surface area contributed by atoms with Crippen LogP contribution in [0.15, 0.2) is 18.3 Å². The summed E-state index contributed by atoms with van der Waals surface area (Å²) in [4.78, 5) is 16.2. The minimum atomic E-state index is -0.634. The van der Waals surface area contributed by atoms with Gasteiger partial charge in [-0.15, -0.1) is 0 Å². The van der Waals surface area contributed by atoms with Crippen LogP contribution in [0.25, 0.3) is 22.2 Å². The Morgan fingerprint density at radius 2 is 2.02 bits per heavy atom. The number of pyridine rings is 1. The molecule has 4 N–H and O–H groups in total. The van der Waals surface area contributed by atoms with Crippen molar-refractivity contribution < 1.29 is 24.4 Å². The van der Waals surface area contributed by atoms with Gasteiger partial charge in [-0.1, -0.05) is 11.6 Å². The summed E-state index contributed by atoms with van der Waals surface area (Å²) in [5.41, 5.74) is 1.26. The predicted molar refractivity (Wildman–Crippen MR) is 162 cm³/mol. The largest absolute Gasteiger partial charge is 0.508 e. The molecule has 4 aliphatic rings. The first-order valence-electron chi connectivity index (χ1n) is 15.6. The van der Waals surface area contributed by atoms with Crippen LogP contribution in [0.5, 0.6) is 11.8 Å². The van der Waals surface area contributed by atoms with E-state index in [0.29, 0.717) is 47.7 Å². The maximum Gasteiger partial charge on any atom is 0.319 e. The molecule has 2 atom stereocenters. The van der Waals surface area contributed by atoms with Crippen LogP contribution in [-0.2, 0) is 6.42 Å². The van der Waals surface area contributed by atoms with E-state index in [9.17, 15) is 15.3 Å². The summed E-state index contributed by atoms with van der Waals surface area (Å²) >= 11 is 6.48. The van der Waals surface area contributed by atoms with Gasteiger partial charge in [0.1, 0.15) is 22.8 Å². The fourth-order valence-corrected chi connectivity index (χ4v) is 8.15. The van der Waals surface area contributed by atoms with Crippen molar-refractivity contribution in [3.05, 3.63) is 34.7 Å². The molecule has 3 aromatic rings. The lowest BCUT2D eigenvalue weighted by Gasteiger charge is -2.51. The number of piperidine rings is 1. The van der Waals surface area contributed by atoms with Gasteiger partial charge in [0.05, 0.1) is 18.1 Å². The van der Waals surface area contributed by atoms with E-state index in [2.05, 4.69) is 20.2 Å². The lowest BCUT2D eigenvalue weighted by Crippen LogP contribution is -2.52. The smallest absolute Gasteiger partial charge is 0.319 e. The minimum Gasteiger partial charge on any atom is -0.508 e. The summed E-state index contributed by atoms with van der Waals surface area (Å²) in [6, 6.07) is 3.02. The highest BCUT2D eigenvalue weighted by Crippen LogP contribution is 2.56. The van der Waals surface area contributed by atoms with Crippen molar-refractivity contribution in [3.63, 3.8) is 0 Å². The van der Waals surface area contributed by atoms with Crippen LogP contribution in [0.4, 0.5) is 10.2 Å². The molecule has 2 saturated carbocycles. The Balaban J connectivity index is 1.30. The van der Waals surface area contributed by atoms with E-state index in [0.717, 1.165) is 71.1 Å². The number of phenols is 1. The lowest BCUT2D eigenvalue weighted by molar-refractivity contribution is -0.0396. The third-order valence-corrected chi connectivity index (χ3v) is 10.6. The number of anilines is 1. The van der Waals surface area contributed by atoms with Crippen LogP contribution in [0.2, 0.25) is 5.02 Å². The lowest BCUT2D eigenvalue weighted by atomic mass is 9.62. The van der Waals surface area contributed by atoms with E-state index >= 15 is 4.39 Å². The number of halogens is 2. The second-order valence-electron chi connectivity index (χ2n) is 13.2. The third kappa shape index (κ3) is 5.41. The van der Waals surface area contributed by atoms with E-state index in [-0.39, 0.29) is 51.5 Å². The fourth-order valence-electron chi connectivity index (χ4n) is 7.85. The van der Waals surface area contributed by atoms with E-state index in [1.165, 1.54) is 12.1 Å². The Morgan fingerprint density at radius 3 is 2.84 bits per heavy atom. The molecule has 230 valence electrons. The molecule has 7 rings (SSSR count). The Morgan fingerprint density at radius 1 is 1.16 bits per heavy atom.